The number of amides is 1. The molecular weight excluding hydrogens is 216 g/mol. The van der Waals surface area contributed by atoms with Crippen molar-refractivity contribution in [2.24, 2.45) is 0 Å². The molecule has 1 amide bonds. The topological polar surface area (TPSA) is 52.6 Å². The average molecular weight is 240 g/mol. The van der Waals surface area contributed by atoms with Gasteiger partial charge in [0.15, 0.2) is 0 Å². The van der Waals surface area contributed by atoms with Crippen molar-refractivity contribution in [1.82, 2.24) is 10.2 Å². The van der Waals surface area contributed by atoms with Crippen LogP contribution in [0.3, 0.4) is 0 Å². The van der Waals surface area contributed by atoms with Crippen LogP contribution in [0.15, 0.2) is 0 Å². The maximum atomic E-state index is 12.2. The quantitative estimate of drug-likeness (QED) is 0.770. The van der Waals surface area contributed by atoms with Gasteiger partial charge in [-0.2, -0.15) is 0 Å². The van der Waals surface area contributed by atoms with E-state index >= 15 is 0 Å². The van der Waals surface area contributed by atoms with E-state index < -0.39 is 0 Å². The maximum absolute atomic E-state index is 12.2. The van der Waals surface area contributed by atoms with E-state index in [2.05, 4.69) is 19.2 Å². The molecule has 0 spiro atoms. The summed E-state index contributed by atoms with van der Waals surface area (Å²) in [7, 11) is 0. The van der Waals surface area contributed by atoms with Gasteiger partial charge in [-0.3, -0.25) is 4.79 Å². The molecule has 0 radical (unpaired) electrons. The number of nitrogens with one attached hydrogen (secondary N) is 1. The van der Waals surface area contributed by atoms with Crippen molar-refractivity contribution in [3.63, 3.8) is 0 Å². The number of carbonyl (C=O) groups is 1. The summed E-state index contributed by atoms with van der Waals surface area (Å²) in [5, 5.41) is 13.3. The summed E-state index contributed by atoms with van der Waals surface area (Å²) in [6.45, 7) is 4.92. The lowest BCUT2D eigenvalue weighted by molar-refractivity contribution is -0.134. The molecule has 0 aromatic rings. The molecule has 1 heterocycles. The molecule has 2 rings (SSSR count). The van der Waals surface area contributed by atoms with Crippen LogP contribution >= 0.6 is 0 Å². The standard InChI is InChI=1S/C13H24N2O2/c1-9(2)14-10-7-8-15(13(10)17)11-5-3-4-6-12(11)16/h9-12,14,16H,3-8H2,1-2H3. The fourth-order valence-electron chi connectivity index (χ4n) is 3.04. The first-order valence-corrected chi connectivity index (χ1v) is 6.84. The highest BCUT2D eigenvalue weighted by Crippen LogP contribution is 2.27. The molecule has 1 aliphatic carbocycles. The van der Waals surface area contributed by atoms with Gasteiger partial charge >= 0.3 is 0 Å². The van der Waals surface area contributed by atoms with Crippen molar-refractivity contribution in [2.45, 2.75) is 70.2 Å². The average Bonchev–Trinajstić information content (AvgIpc) is 2.61. The van der Waals surface area contributed by atoms with Crippen LogP contribution in [-0.4, -0.2) is 46.7 Å². The molecule has 0 aromatic heterocycles. The number of aliphatic hydroxyl groups excluding tert-OH is 1. The Morgan fingerprint density at radius 3 is 2.65 bits per heavy atom. The zero-order valence-corrected chi connectivity index (χ0v) is 10.9. The summed E-state index contributed by atoms with van der Waals surface area (Å²) < 4.78 is 0. The van der Waals surface area contributed by atoms with Crippen molar-refractivity contribution >= 4 is 5.91 Å². The second-order valence-electron chi connectivity index (χ2n) is 5.61. The van der Waals surface area contributed by atoms with Crippen LogP contribution < -0.4 is 5.32 Å². The Morgan fingerprint density at radius 2 is 2.00 bits per heavy atom. The third-order valence-electron chi connectivity index (χ3n) is 3.87. The Hall–Kier alpha value is -0.610. The zero-order valence-electron chi connectivity index (χ0n) is 10.9. The molecule has 1 saturated carbocycles. The monoisotopic (exact) mass is 240 g/mol. The van der Waals surface area contributed by atoms with Gasteiger partial charge in [-0.25, -0.2) is 0 Å². The molecule has 98 valence electrons. The van der Waals surface area contributed by atoms with Crippen molar-refractivity contribution in [3.05, 3.63) is 0 Å². The van der Waals surface area contributed by atoms with E-state index in [9.17, 15) is 9.90 Å². The third-order valence-corrected chi connectivity index (χ3v) is 3.87. The van der Waals surface area contributed by atoms with Gasteiger partial charge in [0.25, 0.3) is 0 Å². The largest absolute Gasteiger partial charge is 0.391 e. The predicted octanol–water partition coefficient (Wildman–Crippen LogP) is 0.889. The summed E-state index contributed by atoms with van der Waals surface area (Å²) in [6.07, 6.45) is 4.59. The highest BCUT2D eigenvalue weighted by molar-refractivity contribution is 5.84. The summed E-state index contributed by atoms with van der Waals surface area (Å²) in [4.78, 5) is 14.1. The normalized spacial score (nSPS) is 34.7. The van der Waals surface area contributed by atoms with Gasteiger partial charge in [-0.05, 0) is 19.3 Å². The number of nitrogens with zero attached hydrogens (tertiary/aromatic N) is 1. The Morgan fingerprint density at radius 1 is 1.29 bits per heavy atom. The Balaban J connectivity index is 1.96. The second kappa shape index (κ2) is 5.36. The highest BCUT2D eigenvalue weighted by atomic mass is 16.3. The van der Waals surface area contributed by atoms with Crippen molar-refractivity contribution in [2.75, 3.05) is 6.54 Å². The number of hydrogen-bond donors (Lipinski definition) is 2. The minimum atomic E-state index is -0.314. The Bertz CT molecular complexity index is 281. The number of carbonyl (C=O) groups excluding carboxylic acids is 1. The third kappa shape index (κ3) is 2.80. The number of aliphatic hydroxyl groups is 1. The zero-order chi connectivity index (χ0) is 12.4. The molecular formula is C13H24N2O2. The van der Waals surface area contributed by atoms with Gasteiger partial charge < -0.3 is 15.3 Å². The summed E-state index contributed by atoms with van der Waals surface area (Å²) in [6, 6.07) is 0.361. The molecule has 2 aliphatic rings. The predicted molar refractivity (Wildman–Crippen MR) is 66.7 cm³/mol. The summed E-state index contributed by atoms with van der Waals surface area (Å²) >= 11 is 0. The molecule has 17 heavy (non-hydrogen) atoms. The number of likely N-dealkylation sites (tertiary alicyclic amines) is 1. The van der Waals surface area contributed by atoms with Crippen LogP contribution in [0.25, 0.3) is 0 Å². The first-order chi connectivity index (χ1) is 8.09. The van der Waals surface area contributed by atoms with E-state index in [1.807, 2.05) is 4.90 Å². The summed E-state index contributed by atoms with van der Waals surface area (Å²) in [5.41, 5.74) is 0. The van der Waals surface area contributed by atoms with Gasteiger partial charge in [0, 0.05) is 12.6 Å². The van der Waals surface area contributed by atoms with Crippen molar-refractivity contribution < 1.29 is 9.90 Å². The molecule has 4 heteroatoms. The molecule has 1 aliphatic heterocycles. The lowest BCUT2D eigenvalue weighted by atomic mass is 9.91. The van der Waals surface area contributed by atoms with E-state index in [1.54, 1.807) is 0 Å². The molecule has 3 atom stereocenters. The van der Waals surface area contributed by atoms with E-state index in [4.69, 9.17) is 0 Å². The van der Waals surface area contributed by atoms with Crippen LogP contribution in [0.5, 0.6) is 0 Å². The fraction of sp³-hybridized carbons (Fsp3) is 0.923. The highest BCUT2D eigenvalue weighted by Gasteiger charge is 2.39. The Labute approximate surface area is 103 Å². The van der Waals surface area contributed by atoms with Crippen molar-refractivity contribution in [3.8, 4) is 0 Å². The lowest BCUT2D eigenvalue weighted by Crippen LogP contribution is -2.49. The minimum Gasteiger partial charge on any atom is -0.391 e. The molecule has 0 aromatic carbocycles. The van der Waals surface area contributed by atoms with E-state index in [1.165, 1.54) is 0 Å². The summed E-state index contributed by atoms with van der Waals surface area (Å²) in [5.74, 6) is 0.185. The van der Waals surface area contributed by atoms with Gasteiger partial charge in [-0.15, -0.1) is 0 Å². The maximum Gasteiger partial charge on any atom is 0.240 e. The number of hydrogen-bond acceptors (Lipinski definition) is 3. The Kier molecular flexibility index (Phi) is 4.05. The smallest absolute Gasteiger partial charge is 0.240 e. The lowest BCUT2D eigenvalue weighted by Gasteiger charge is -2.35. The first-order valence-electron chi connectivity index (χ1n) is 6.84. The first kappa shape index (κ1) is 12.8. The molecule has 0 bridgehead atoms. The van der Waals surface area contributed by atoms with E-state index in [0.717, 1.165) is 38.6 Å². The SMILES string of the molecule is CC(C)NC1CCN(C2CCCCC2O)C1=O. The molecule has 3 unspecified atom stereocenters. The van der Waals surface area contributed by atoms with Crippen LogP contribution in [0.4, 0.5) is 0 Å². The minimum absolute atomic E-state index is 0.0378. The number of rotatable bonds is 3. The molecule has 1 saturated heterocycles. The molecule has 4 nitrogen and oxygen atoms in total. The van der Waals surface area contributed by atoms with Crippen LogP contribution in [0.2, 0.25) is 0 Å². The van der Waals surface area contributed by atoms with Crippen LogP contribution in [-0.2, 0) is 4.79 Å². The van der Waals surface area contributed by atoms with Crippen LogP contribution in [0, 0.1) is 0 Å². The fourth-order valence-corrected chi connectivity index (χ4v) is 3.04. The molecule has 2 fully saturated rings. The second-order valence-corrected chi connectivity index (χ2v) is 5.61. The van der Waals surface area contributed by atoms with E-state index in [-0.39, 0.29) is 24.1 Å². The van der Waals surface area contributed by atoms with Gasteiger partial charge in [0.05, 0.1) is 18.2 Å². The van der Waals surface area contributed by atoms with Gasteiger partial charge in [0.2, 0.25) is 5.91 Å². The van der Waals surface area contributed by atoms with Gasteiger partial charge in [0.1, 0.15) is 0 Å². The van der Waals surface area contributed by atoms with Crippen molar-refractivity contribution in [1.29, 1.82) is 0 Å². The van der Waals surface area contributed by atoms with Crippen LogP contribution in [0.1, 0.15) is 46.0 Å². The molecule has 2 N–H and O–H groups in total. The van der Waals surface area contributed by atoms with E-state index in [0.29, 0.717) is 6.04 Å². The van der Waals surface area contributed by atoms with Gasteiger partial charge in [-0.1, -0.05) is 26.7 Å².